The van der Waals surface area contributed by atoms with Crippen molar-refractivity contribution in [1.29, 1.82) is 21.6 Å². The molecule has 58 heavy (non-hydrogen) atoms. The molecule has 0 fully saturated rings. The van der Waals surface area contributed by atoms with Crippen LogP contribution in [0.5, 0.6) is 0 Å². The highest BCUT2D eigenvalue weighted by molar-refractivity contribution is 6.31. The topological polar surface area (TPSA) is 207 Å². The van der Waals surface area contributed by atoms with E-state index in [1.165, 1.54) is 27.6 Å². The Morgan fingerprint density at radius 1 is 0.776 bits per heavy atom. The van der Waals surface area contributed by atoms with E-state index in [0.29, 0.717) is 40.6 Å². The highest BCUT2D eigenvalue weighted by Crippen LogP contribution is 2.41. The molecule has 11 N–H and O–H groups in total. The van der Waals surface area contributed by atoms with Gasteiger partial charge < -0.3 is 31.2 Å². The number of aromatic nitrogens is 1. The molecule has 1 aliphatic carbocycles. The van der Waals surface area contributed by atoms with Gasteiger partial charge in [-0.15, -0.1) is 0 Å². The minimum Gasteiger partial charge on any atom is -0.361 e. The van der Waals surface area contributed by atoms with E-state index in [1.807, 2.05) is 4.90 Å². The number of guanidine groups is 4. The van der Waals surface area contributed by atoms with E-state index in [1.54, 1.807) is 48.5 Å². The number of likely N-dealkylation sites (N-methyl/N-ethyl adjacent to an activating group) is 1. The van der Waals surface area contributed by atoms with Crippen molar-refractivity contribution in [3.8, 4) is 0 Å². The first-order valence-corrected chi connectivity index (χ1v) is 20.4. The highest BCUT2D eigenvalue weighted by atomic mass is 35.5. The number of carbonyl (C=O) groups is 1. The lowest BCUT2D eigenvalue weighted by Crippen LogP contribution is -2.47. The monoisotopic (exact) mass is 827 g/mol. The third-order valence-electron chi connectivity index (χ3n) is 10.1. The molecule has 0 radical (unpaired) electrons. The van der Waals surface area contributed by atoms with Gasteiger partial charge in [0.2, 0.25) is 5.91 Å². The number of aromatic amines is 1. The molecule has 0 saturated heterocycles. The normalized spacial score (nSPS) is 15.4. The summed E-state index contributed by atoms with van der Waals surface area (Å²) >= 11 is 11.7. The second kappa shape index (κ2) is 21.3. The summed E-state index contributed by atoms with van der Waals surface area (Å²) in [5.41, 5.74) is 6.63. The van der Waals surface area contributed by atoms with Gasteiger partial charge in [0.1, 0.15) is 0 Å². The quantitative estimate of drug-likeness (QED) is 0.0403. The maximum absolute atomic E-state index is 12.9. The molecule has 1 amide bonds. The predicted octanol–water partition coefficient (Wildman–Crippen LogP) is 7.08. The fraction of sp³-hybridized carbons (Fsp3) is 0.357. The molecule has 6 rings (SSSR count). The van der Waals surface area contributed by atoms with Crippen molar-refractivity contribution in [3.05, 3.63) is 100 Å². The van der Waals surface area contributed by atoms with E-state index in [4.69, 9.17) is 44.8 Å². The number of fused-ring (bicyclic) bond motifs is 2. The van der Waals surface area contributed by atoms with Crippen LogP contribution >= 0.6 is 23.2 Å². The number of nitrogens with zero attached hydrogens (tertiary/aromatic N) is 2. The number of rotatable bonds is 12. The van der Waals surface area contributed by atoms with Crippen molar-refractivity contribution in [2.24, 2.45) is 5.92 Å². The Balaban J connectivity index is 0.000000233. The summed E-state index contributed by atoms with van der Waals surface area (Å²) in [7, 11) is 2.15. The molecule has 0 unspecified atom stereocenters. The first-order valence-electron chi connectivity index (χ1n) is 19.7. The maximum Gasteiger partial charge on any atom is 0.230 e. The Labute approximate surface area is 350 Å². The van der Waals surface area contributed by atoms with Crippen LogP contribution in [0.25, 0.3) is 16.5 Å². The number of benzene rings is 3. The molecular formula is C42H55Cl2N13O. The fourth-order valence-electron chi connectivity index (χ4n) is 7.16. The second-order valence-corrected chi connectivity index (χ2v) is 15.1. The Kier molecular flexibility index (Phi) is 16.0. The summed E-state index contributed by atoms with van der Waals surface area (Å²) in [6.45, 7) is 7.71. The zero-order valence-corrected chi connectivity index (χ0v) is 34.8. The van der Waals surface area contributed by atoms with Gasteiger partial charge in [-0.25, -0.2) is 0 Å². The first-order chi connectivity index (χ1) is 27.9. The van der Waals surface area contributed by atoms with E-state index in [2.05, 4.69) is 93.2 Å². The molecule has 1 aliphatic heterocycles. The molecular weight excluding hydrogens is 773 g/mol. The van der Waals surface area contributed by atoms with Gasteiger partial charge in [0.25, 0.3) is 0 Å². The summed E-state index contributed by atoms with van der Waals surface area (Å²) in [5, 5.41) is 50.8. The predicted molar refractivity (Wildman–Crippen MR) is 240 cm³/mol. The lowest BCUT2D eigenvalue weighted by atomic mass is 9.79. The van der Waals surface area contributed by atoms with Crippen molar-refractivity contribution >= 4 is 80.8 Å². The molecule has 308 valence electrons. The number of carbonyl (C=O) groups excluding carboxylic acids is 1. The minimum absolute atomic E-state index is 0.00148. The molecule has 4 aromatic rings. The van der Waals surface area contributed by atoms with Gasteiger partial charge in [-0.2, -0.15) is 0 Å². The number of halogens is 2. The van der Waals surface area contributed by atoms with Crippen LogP contribution in [0.2, 0.25) is 10.0 Å². The molecule has 0 bridgehead atoms. The summed E-state index contributed by atoms with van der Waals surface area (Å²) in [6, 6.07) is 20.7. The van der Waals surface area contributed by atoms with Gasteiger partial charge >= 0.3 is 0 Å². The van der Waals surface area contributed by atoms with Crippen LogP contribution in [0.15, 0.2) is 79.0 Å². The summed E-state index contributed by atoms with van der Waals surface area (Å²) < 4.78 is 0. The SMILES string of the molecule is CCN(CC)C(=O)[C@@H]1C=C2c3cccc4[nH]cc(c34)C[C@H]2N(C)C1.N=C(NCCCCCCNC(=N)NC(=N)Nc1ccc(Cl)cc1)NC(=N)Nc1ccc(Cl)cc1. The lowest BCUT2D eigenvalue weighted by Gasteiger charge is -2.40. The zero-order valence-electron chi connectivity index (χ0n) is 33.3. The molecule has 1 aromatic heterocycles. The summed E-state index contributed by atoms with van der Waals surface area (Å²) in [4.78, 5) is 20.6. The maximum atomic E-state index is 12.9. The van der Waals surface area contributed by atoms with Crippen molar-refractivity contribution in [3.63, 3.8) is 0 Å². The zero-order chi connectivity index (χ0) is 41.6. The van der Waals surface area contributed by atoms with E-state index in [9.17, 15) is 4.79 Å². The third kappa shape index (κ3) is 12.2. The molecule has 3 aromatic carbocycles. The lowest BCUT2D eigenvalue weighted by molar-refractivity contribution is -0.134. The number of anilines is 2. The first kappa shape index (κ1) is 43.6. The van der Waals surface area contributed by atoms with E-state index < -0.39 is 0 Å². The molecule has 2 atom stereocenters. The number of unbranched alkanes of at least 4 members (excludes halogenated alkanes) is 3. The molecule has 2 aliphatic rings. The van der Waals surface area contributed by atoms with Gasteiger partial charge in [0.05, 0.1) is 5.92 Å². The Hall–Kier alpha value is -5.57. The van der Waals surface area contributed by atoms with E-state index in [-0.39, 0.29) is 35.7 Å². The van der Waals surface area contributed by atoms with Crippen LogP contribution in [0.1, 0.15) is 50.7 Å². The Morgan fingerprint density at radius 2 is 1.31 bits per heavy atom. The third-order valence-corrected chi connectivity index (χ3v) is 10.6. The average molecular weight is 829 g/mol. The molecule has 2 heterocycles. The van der Waals surface area contributed by atoms with Crippen LogP contribution in [0.4, 0.5) is 11.4 Å². The van der Waals surface area contributed by atoms with Gasteiger partial charge in [-0.1, -0.05) is 54.3 Å². The Bertz CT molecular complexity index is 2000. The number of hydrogen-bond acceptors (Lipinski definition) is 6. The number of amides is 1. The van der Waals surface area contributed by atoms with Crippen LogP contribution in [-0.4, -0.2) is 90.3 Å². The number of nitrogens with one attached hydrogen (secondary N) is 11. The fourth-order valence-corrected chi connectivity index (χ4v) is 7.41. The smallest absolute Gasteiger partial charge is 0.230 e. The molecule has 0 spiro atoms. The van der Waals surface area contributed by atoms with Crippen molar-refractivity contribution in [1.82, 2.24) is 36.1 Å². The van der Waals surface area contributed by atoms with Crippen LogP contribution in [0.3, 0.4) is 0 Å². The summed E-state index contributed by atoms with van der Waals surface area (Å²) in [5.74, 6) is 0.322. The highest BCUT2D eigenvalue weighted by Gasteiger charge is 2.36. The van der Waals surface area contributed by atoms with Gasteiger partial charge in [-0.05, 0) is 111 Å². The van der Waals surface area contributed by atoms with Crippen LogP contribution in [0, 0.1) is 27.6 Å². The molecule has 0 saturated carbocycles. The molecule has 16 heteroatoms. The van der Waals surface area contributed by atoms with Crippen molar-refractivity contribution in [2.45, 2.75) is 52.0 Å². The number of H-pyrrole nitrogens is 1. The number of hydrogen-bond donors (Lipinski definition) is 11. The van der Waals surface area contributed by atoms with Crippen molar-refractivity contribution < 1.29 is 4.79 Å². The molecule has 14 nitrogen and oxygen atoms in total. The van der Waals surface area contributed by atoms with E-state index >= 15 is 0 Å². The minimum atomic E-state index is -0.0445. The van der Waals surface area contributed by atoms with Crippen LogP contribution < -0.4 is 31.9 Å². The average Bonchev–Trinajstić information content (AvgIpc) is 3.62. The largest absolute Gasteiger partial charge is 0.361 e. The van der Waals surface area contributed by atoms with Gasteiger partial charge in [0.15, 0.2) is 23.8 Å². The second-order valence-electron chi connectivity index (χ2n) is 14.2. The van der Waals surface area contributed by atoms with Crippen LogP contribution in [-0.2, 0) is 11.2 Å². The summed E-state index contributed by atoms with van der Waals surface area (Å²) in [6.07, 6.45) is 9.11. The van der Waals surface area contributed by atoms with E-state index in [0.717, 1.165) is 51.7 Å². The van der Waals surface area contributed by atoms with Gasteiger partial charge in [-0.3, -0.25) is 42.0 Å². The Morgan fingerprint density at radius 3 is 1.83 bits per heavy atom. The standard InChI is InChI=1S/C22H30Cl2N10.C20H25N3O/c23-15-5-9-17(10-6-15)31-21(27)33-19(25)29-13-3-1-2-4-14-30-20(26)34-22(28)32-18-11-7-16(24)8-12-18;1-4-23(5-2)20(24)14-9-16-15-7-6-8-17-19(15)13(11-21-17)10-18(16)22(3)12-14/h5-12H,1-4,13-14H2,(H5,25,27,29,31,33)(H5,26,28,30,32,34);6-9,11,14,18,21H,4-5,10,12H2,1-3H3/t;14-,18-/m.1/s1. The van der Waals surface area contributed by atoms with Gasteiger partial charge in [0, 0.05) is 77.3 Å². The van der Waals surface area contributed by atoms with Crippen molar-refractivity contribution in [2.75, 3.05) is 50.4 Å².